The summed E-state index contributed by atoms with van der Waals surface area (Å²) in [6, 6.07) is 3.80. The molecule has 0 aliphatic heterocycles. The van der Waals surface area contributed by atoms with Gasteiger partial charge in [-0.1, -0.05) is 0 Å². The van der Waals surface area contributed by atoms with Crippen molar-refractivity contribution in [2.24, 2.45) is 0 Å². The number of aliphatic carboxylic acids is 3. The van der Waals surface area contributed by atoms with Crippen LogP contribution in [0.15, 0.2) is 33.2 Å². The molecule has 0 bridgehead atoms. The van der Waals surface area contributed by atoms with Gasteiger partial charge in [-0.25, -0.2) is 4.98 Å². The molecule has 0 spiro atoms. The number of furan rings is 1. The number of fused-ring (bicyclic) bond motifs is 1. The zero-order chi connectivity index (χ0) is 22.7. The van der Waals surface area contributed by atoms with Crippen molar-refractivity contribution in [2.45, 2.75) is 0 Å². The second-order valence-electron chi connectivity index (χ2n) is 6.05. The van der Waals surface area contributed by atoms with Crippen molar-refractivity contribution in [1.29, 1.82) is 0 Å². The van der Waals surface area contributed by atoms with Gasteiger partial charge in [0.2, 0.25) is 0 Å². The van der Waals surface area contributed by atoms with Crippen molar-refractivity contribution in [3.63, 3.8) is 0 Å². The molecule has 0 saturated heterocycles. The van der Waals surface area contributed by atoms with Gasteiger partial charge in [0, 0.05) is 11.5 Å². The molecule has 13 nitrogen and oxygen atoms in total. The van der Waals surface area contributed by atoms with E-state index >= 15 is 0 Å². The van der Waals surface area contributed by atoms with Crippen LogP contribution in [0.1, 0.15) is 10.6 Å². The number of carbonyl (C=O) groups is 4. The first-order valence-corrected chi connectivity index (χ1v) is 8.36. The Hall–Kier alpha value is 2.00. The van der Waals surface area contributed by atoms with Crippen LogP contribution in [0.3, 0.4) is 0 Å². The Bertz CT molecular complexity index is 1180. The summed E-state index contributed by atoms with van der Waals surface area (Å²) in [4.78, 5) is 48.2. The van der Waals surface area contributed by atoms with Gasteiger partial charge in [-0.3, -0.25) is 0 Å². The van der Waals surface area contributed by atoms with E-state index in [1.165, 1.54) is 18.2 Å². The number of nitrogens with zero attached hydrogens (tertiary/aromatic N) is 2. The molecule has 0 saturated carbocycles. The van der Waals surface area contributed by atoms with Gasteiger partial charge in [0.15, 0.2) is 11.5 Å². The zero-order valence-corrected chi connectivity index (χ0v) is 31.8. The third-order valence-electron chi connectivity index (χ3n) is 3.84. The molecular weight excluding hydrogens is 577 g/mol. The Balaban J connectivity index is 0. The molecule has 0 aliphatic carbocycles. The van der Waals surface area contributed by atoms with Crippen LogP contribution in [0.5, 0.6) is 5.75 Å². The van der Waals surface area contributed by atoms with Crippen LogP contribution in [-0.2, 0) is 14.4 Å². The maximum Gasteiger partial charge on any atom is 1.00 e. The third kappa shape index (κ3) is 11.6. The van der Waals surface area contributed by atoms with Gasteiger partial charge in [0.25, 0.3) is 5.89 Å². The summed E-state index contributed by atoms with van der Waals surface area (Å²) in [6.45, 7) is -2.69. The minimum atomic E-state index is -1.62. The standard InChI is InChI=1S/C18H14N2O11.4K/c21-14(22)5-20(6-15(23)24)9-3-10-8(1-11(9)29-7-16(25)26)2-12(30-10)17-19-4-13(31-17)18(27)28;;;;/h1-4H,5-7H2,(H,21,22)(H,23,24)(H,25,26)(H,27,28);;;;/q;4*+1/p-4. The number of carboxylic acid groups (broad SMARTS) is 4. The number of anilines is 1. The molecule has 0 amide bonds. The molecule has 0 atom stereocenters. The molecule has 162 valence electrons. The predicted octanol–water partition coefficient (Wildman–Crippen LogP) is -16.1. The molecule has 0 fully saturated rings. The Morgan fingerprint density at radius 3 is 1.94 bits per heavy atom. The largest absolute Gasteiger partial charge is 1.00 e. The Kier molecular flexibility index (Phi) is 20.5. The first-order valence-electron chi connectivity index (χ1n) is 8.36. The van der Waals surface area contributed by atoms with E-state index in [4.69, 9.17) is 13.6 Å². The summed E-state index contributed by atoms with van der Waals surface area (Å²) < 4.78 is 15.6. The fourth-order valence-corrected chi connectivity index (χ4v) is 2.68. The topological polar surface area (TPSA) is 212 Å². The first kappa shape index (κ1) is 39.1. The van der Waals surface area contributed by atoms with Crippen LogP contribution in [0.2, 0.25) is 0 Å². The van der Waals surface area contributed by atoms with Crippen molar-refractivity contribution < 1.29 is 259 Å². The van der Waals surface area contributed by atoms with Gasteiger partial charge >= 0.3 is 206 Å². The van der Waals surface area contributed by atoms with Crippen LogP contribution in [-0.4, -0.2) is 48.6 Å². The quantitative estimate of drug-likeness (QED) is 0.202. The van der Waals surface area contributed by atoms with E-state index in [2.05, 4.69) is 4.98 Å². The Morgan fingerprint density at radius 2 is 1.46 bits per heavy atom. The maximum atomic E-state index is 11.0. The number of aromatic nitrogens is 1. The molecule has 0 N–H and O–H groups in total. The molecule has 3 rings (SSSR count). The second-order valence-corrected chi connectivity index (χ2v) is 6.05. The fraction of sp³-hybridized carbons (Fsp3) is 0.167. The molecule has 0 aliphatic rings. The summed E-state index contributed by atoms with van der Waals surface area (Å²) in [7, 11) is 0. The van der Waals surface area contributed by atoms with Crippen molar-refractivity contribution >= 4 is 40.5 Å². The van der Waals surface area contributed by atoms with Crippen LogP contribution >= 0.6 is 0 Å². The number of benzene rings is 1. The van der Waals surface area contributed by atoms with E-state index in [0.29, 0.717) is 5.39 Å². The summed E-state index contributed by atoms with van der Waals surface area (Å²) in [5, 5.41) is 44.0. The van der Waals surface area contributed by atoms with Gasteiger partial charge in [-0.2, -0.15) is 0 Å². The smallest absolute Gasteiger partial charge is 0.548 e. The van der Waals surface area contributed by atoms with E-state index in [1.54, 1.807) is 0 Å². The summed E-state index contributed by atoms with van der Waals surface area (Å²) >= 11 is 0. The number of hydrogen-bond acceptors (Lipinski definition) is 13. The first-order chi connectivity index (χ1) is 14.6. The number of ether oxygens (including phenoxy) is 1. The van der Waals surface area contributed by atoms with Gasteiger partial charge in [0.05, 0.1) is 42.9 Å². The number of aromatic carboxylic acids is 1. The summed E-state index contributed by atoms with van der Waals surface area (Å²) in [5.74, 6) is -7.43. The Morgan fingerprint density at radius 1 is 0.857 bits per heavy atom. The second kappa shape index (κ2) is 18.4. The van der Waals surface area contributed by atoms with E-state index in [9.17, 15) is 39.6 Å². The van der Waals surface area contributed by atoms with Crippen molar-refractivity contribution in [1.82, 2.24) is 4.98 Å². The Labute approximate surface area is 367 Å². The number of hydrogen-bond donors (Lipinski definition) is 0. The van der Waals surface area contributed by atoms with E-state index in [-0.39, 0.29) is 234 Å². The van der Waals surface area contributed by atoms with Gasteiger partial charge in [-0.15, -0.1) is 0 Å². The van der Waals surface area contributed by atoms with Crippen molar-refractivity contribution in [3.05, 3.63) is 30.2 Å². The van der Waals surface area contributed by atoms with E-state index in [0.717, 1.165) is 11.1 Å². The van der Waals surface area contributed by atoms with E-state index in [1.807, 2.05) is 0 Å². The van der Waals surface area contributed by atoms with Crippen LogP contribution in [0.25, 0.3) is 22.6 Å². The number of carbonyl (C=O) groups excluding carboxylic acids is 4. The van der Waals surface area contributed by atoms with Crippen LogP contribution in [0.4, 0.5) is 5.69 Å². The normalized spacial score (nSPS) is 9.49. The molecule has 2 aromatic heterocycles. The van der Waals surface area contributed by atoms with Gasteiger partial charge < -0.3 is 58.1 Å². The number of rotatable bonds is 10. The average Bonchev–Trinajstić information content (AvgIpc) is 3.30. The van der Waals surface area contributed by atoms with Gasteiger partial charge in [0.1, 0.15) is 23.9 Å². The minimum absolute atomic E-state index is 0. The molecule has 1 aromatic carbocycles. The third-order valence-corrected chi connectivity index (χ3v) is 3.84. The molecule has 3 aromatic rings. The SMILES string of the molecule is O=C([O-])COc1cc2cc(-c3ncc(C(=O)[O-])o3)oc2cc1N(CC(=O)[O-])CC(=O)[O-].[K+].[K+].[K+].[K+]. The molecule has 2 heterocycles. The molecule has 0 radical (unpaired) electrons. The van der Waals surface area contributed by atoms with Crippen LogP contribution < -0.4 is 236 Å². The average molecular weight is 587 g/mol. The molecule has 0 unspecified atom stereocenters. The monoisotopic (exact) mass is 586 g/mol. The molecule has 17 heteroatoms. The van der Waals surface area contributed by atoms with E-state index < -0.39 is 49.3 Å². The fourth-order valence-electron chi connectivity index (χ4n) is 2.68. The molecule has 35 heavy (non-hydrogen) atoms. The number of oxazole rings is 1. The predicted molar refractivity (Wildman–Crippen MR) is 88.8 cm³/mol. The van der Waals surface area contributed by atoms with Gasteiger partial charge in [-0.05, 0) is 12.1 Å². The molecular formula is C18H10K4N2O11. The van der Waals surface area contributed by atoms with Crippen molar-refractivity contribution in [3.8, 4) is 17.4 Å². The summed E-state index contributed by atoms with van der Waals surface area (Å²) in [5.41, 5.74) is -0.0772. The number of carboxylic acids is 4. The zero-order valence-electron chi connectivity index (χ0n) is 19.3. The summed E-state index contributed by atoms with van der Waals surface area (Å²) in [6.07, 6.45) is 0.902. The minimum Gasteiger partial charge on any atom is -0.548 e. The van der Waals surface area contributed by atoms with Crippen molar-refractivity contribution in [2.75, 3.05) is 24.6 Å². The maximum absolute atomic E-state index is 11.0. The van der Waals surface area contributed by atoms with Crippen LogP contribution in [0, 0.1) is 0 Å².